The zero-order valence-corrected chi connectivity index (χ0v) is 11.2. The highest BCUT2D eigenvalue weighted by molar-refractivity contribution is 5.77. The fourth-order valence-corrected chi connectivity index (χ4v) is 1.50. The molecule has 8 nitrogen and oxygen atoms in total. The number of carbonyl (C=O) groups is 3. The largest absolute Gasteiger partial charge is 0.480 e. The lowest BCUT2D eigenvalue weighted by atomic mass is 10.2. The number of hydrogen-bond acceptors (Lipinski definition) is 5. The van der Waals surface area contributed by atoms with Gasteiger partial charge in [0.15, 0.2) is 0 Å². The van der Waals surface area contributed by atoms with Crippen LogP contribution in [-0.4, -0.2) is 69.3 Å². The third kappa shape index (κ3) is 5.66. The number of rotatable bonds is 9. The second kappa shape index (κ2) is 7.70. The number of nitrogens with zero attached hydrogens (tertiary/aromatic N) is 1. The summed E-state index contributed by atoms with van der Waals surface area (Å²) in [6.45, 7) is 4.54. The first-order chi connectivity index (χ1) is 8.68. The van der Waals surface area contributed by atoms with E-state index in [9.17, 15) is 14.4 Å². The molecule has 0 heterocycles. The van der Waals surface area contributed by atoms with E-state index < -0.39 is 36.0 Å². The number of hydrogen-bond donors (Lipinski definition) is 4. The summed E-state index contributed by atoms with van der Waals surface area (Å²) in [6, 6.07) is -2.71. The fourth-order valence-electron chi connectivity index (χ4n) is 1.50. The van der Waals surface area contributed by atoms with E-state index in [-0.39, 0.29) is 13.1 Å². The van der Waals surface area contributed by atoms with Gasteiger partial charge in [-0.15, -0.1) is 0 Å². The lowest BCUT2D eigenvalue weighted by molar-refractivity contribution is -0.149. The Balaban J connectivity index is 4.56. The molecule has 3 unspecified atom stereocenters. The Morgan fingerprint density at radius 1 is 0.947 bits per heavy atom. The zero-order valence-electron chi connectivity index (χ0n) is 11.2. The molecule has 110 valence electrons. The zero-order chi connectivity index (χ0) is 15.2. The van der Waals surface area contributed by atoms with Gasteiger partial charge >= 0.3 is 17.9 Å². The molecule has 0 bridgehead atoms. The third-order valence-electron chi connectivity index (χ3n) is 2.90. The van der Waals surface area contributed by atoms with Crippen LogP contribution in [0.15, 0.2) is 0 Å². The second-order valence-electron chi connectivity index (χ2n) is 4.28. The first-order valence-corrected chi connectivity index (χ1v) is 5.86. The normalized spacial score (nSPS) is 15.8. The van der Waals surface area contributed by atoms with E-state index in [4.69, 9.17) is 15.3 Å². The van der Waals surface area contributed by atoms with Crippen molar-refractivity contribution in [2.24, 2.45) is 0 Å². The Morgan fingerprint density at radius 2 is 1.37 bits per heavy atom. The van der Waals surface area contributed by atoms with Crippen LogP contribution in [0.3, 0.4) is 0 Å². The summed E-state index contributed by atoms with van der Waals surface area (Å²) >= 11 is 0. The molecule has 0 saturated heterocycles. The van der Waals surface area contributed by atoms with Crippen LogP contribution in [-0.2, 0) is 14.4 Å². The summed E-state index contributed by atoms with van der Waals surface area (Å²) in [5, 5.41) is 29.2. The molecule has 0 aliphatic carbocycles. The lowest BCUT2D eigenvalue weighted by Crippen LogP contribution is -2.51. The highest BCUT2D eigenvalue weighted by Crippen LogP contribution is 2.06. The number of carboxylic acids is 3. The molecule has 0 fully saturated rings. The summed E-state index contributed by atoms with van der Waals surface area (Å²) in [6.07, 6.45) is 0. The summed E-state index contributed by atoms with van der Waals surface area (Å²) in [7, 11) is 0. The van der Waals surface area contributed by atoms with Crippen LogP contribution in [0.25, 0.3) is 0 Å². The van der Waals surface area contributed by atoms with Gasteiger partial charge in [0.2, 0.25) is 0 Å². The highest BCUT2D eigenvalue weighted by Gasteiger charge is 2.29. The van der Waals surface area contributed by atoms with Crippen LogP contribution in [0.1, 0.15) is 20.8 Å². The van der Waals surface area contributed by atoms with Crippen molar-refractivity contribution in [3.63, 3.8) is 0 Å². The Hall–Kier alpha value is -1.67. The standard InChI is InChI=1S/C11H20N2O6/c1-6(9(14)15)12-4-5-13(7(2)10(16)17)8(3)11(18)19/h6-8,12H,4-5H2,1-3H3,(H,14,15)(H,16,17)(H,18,19). The molecule has 0 rings (SSSR count). The van der Waals surface area contributed by atoms with Gasteiger partial charge in [-0.1, -0.05) is 0 Å². The molecule has 4 N–H and O–H groups in total. The van der Waals surface area contributed by atoms with Crippen LogP contribution in [0.4, 0.5) is 0 Å². The van der Waals surface area contributed by atoms with E-state index >= 15 is 0 Å². The van der Waals surface area contributed by atoms with Crippen molar-refractivity contribution in [2.75, 3.05) is 13.1 Å². The Bertz CT molecular complexity index is 326. The lowest BCUT2D eigenvalue weighted by Gasteiger charge is -2.30. The van der Waals surface area contributed by atoms with Crippen molar-refractivity contribution < 1.29 is 29.7 Å². The molecule has 0 aromatic carbocycles. The molecule has 0 spiro atoms. The summed E-state index contributed by atoms with van der Waals surface area (Å²) < 4.78 is 0. The van der Waals surface area contributed by atoms with Gasteiger partial charge in [-0.05, 0) is 20.8 Å². The van der Waals surface area contributed by atoms with E-state index in [1.54, 1.807) is 0 Å². The number of nitrogens with one attached hydrogen (secondary N) is 1. The molecule has 0 radical (unpaired) electrons. The minimum absolute atomic E-state index is 0.124. The predicted molar refractivity (Wildman–Crippen MR) is 66.0 cm³/mol. The van der Waals surface area contributed by atoms with Crippen LogP contribution in [0.2, 0.25) is 0 Å². The van der Waals surface area contributed by atoms with E-state index in [2.05, 4.69) is 5.32 Å². The first kappa shape index (κ1) is 17.3. The molecule has 19 heavy (non-hydrogen) atoms. The Labute approximate surface area is 111 Å². The van der Waals surface area contributed by atoms with Crippen molar-refractivity contribution in [1.29, 1.82) is 0 Å². The Kier molecular flexibility index (Phi) is 7.02. The van der Waals surface area contributed by atoms with E-state index in [1.807, 2.05) is 0 Å². The van der Waals surface area contributed by atoms with Gasteiger partial charge < -0.3 is 20.6 Å². The van der Waals surface area contributed by atoms with Gasteiger partial charge in [0.25, 0.3) is 0 Å². The number of carboxylic acid groups (broad SMARTS) is 3. The van der Waals surface area contributed by atoms with Gasteiger partial charge in [0.1, 0.15) is 18.1 Å². The molecule has 8 heteroatoms. The van der Waals surface area contributed by atoms with Crippen molar-refractivity contribution in [2.45, 2.75) is 38.9 Å². The minimum Gasteiger partial charge on any atom is -0.480 e. The molecule has 3 atom stereocenters. The maximum atomic E-state index is 10.9. The SMILES string of the molecule is CC(NCCN(C(C)C(=O)O)C(C)C(=O)O)C(=O)O. The molecule has 0 aromatic rings. The monoisotopic (exact) mass is 276 g/mol. The predicted octanol–water partition coefficient (Wildman–Crippen LogP) is -0.703. The highest BCUT2D eigenvalue weighted by atomic mass is 16.4. The van der Waals surface area contributed by atoms with Crippen LogP contribution in [0, 0.1) is 0 Å². The maximum absolute atomic E-state index is 10.9. The van der Waals surface area contributed by atoms with Gasteiger partial charge in [-0.25, -0.2) is 0 Å². The van der Waals surface area contributed by atoms with Crippen LogP contribution >= 0.6 is 0 Å². The molecule has 0 aliphatic rings. The molecule has 0 aromatic heterocycles. The minimum atomic E-state index is -1.13. The molecule has 0 aliphatic heterocycles. The van der Waals surface area contributed by atoms with Gasteiger partial charge in [-0.3, -0.25) is 19.3 Å². The average molecular weight is 276 g/mol. The van der Waals surface area contributed by atoms with Crippen LogP contribution < -0.4 is 5.32 Å². The van der Waals surface area contributed by atoms with E-state index in [0.717, 1.165) is 0 Å². The second-order valence-corrected chi connectivity index (χ2v) is 4.28. The molecular weight excluding hydrogens is 256 g/mol. The van der Waals surface area contributed by atoms with Crippen molar-refractivity contribution >= 4 is 17.9 Å². The third-order valence-corrected chi connectivity index (χ3v) is 2.90. The summed E-state index contributed by atoms with van der Waals surface area (Å²) in [4.78, 5) is 33.7. The molecule has 0 saturated carbocycles. The Morgan fingerprint density at radius 3 is 1.68 bits per heavy atom. The van der Waals surface area contributed by atoms with Gasteiger partial charge in [-0.2, -0.15) is 0 Å². The average Bonchev–Trinajstić information content (AvgIpc) is 2.32. The smallest absolute Gasteiger partial charge is 0.320 e. The van der Waals surface area contributed by atoms with Gasteiger partial charge in [0.05, 0.1) is 0 Å². The molecular formula is C11H20N2O6. The van der Waals surface area contributed by atoms with E-state index in [0.29, 0.717) is 0 Å². The number of aliphatic carboxylic acids is 3. The van der Waals surface area contributed by atoms with Crippen molar-refractivity contribution in [3.05, 3.63) is 0 Å². The van der Waals surface area contributed by atoms with Crippen LogP contribution in [0.5, 0.6) is 0 Å². The van der Waals surface area contributed by atoms with E-state index in [1.165, 1.54) is 25.7 Å². The summed E-state index contributed by atoms with van der Waals surface area (Å²) in [5.41, 5.74) is 0. The van der Waals surface area contributed by atoms with Crippen molar-refractivity contribution in [3.8, 4) is 0 Å². The fraction of sp³-hybridized carbons (Fsp3) is 0.727. The quantitative estimate of drug-likeness (QED) is 0.435. The molecule has 0 amide bonds. The maximum Gasteiger partial charge on any atom is 0.320 e. The van der Waals surface area contributed by atoms with Gasteiger partial charge in [0, 0.05) is 13.1 Å². The summed E-state index contributed by atoms with van der Waals surface area (Å²) in [5.74, 6) is -3.28. The topological polar surface area (TPSA) is 127 Å². The van der Waals surface area contributed by atoms with Crippen molar-refractivity contribution in [1.82, 2.24) is 10.2 Å². The first-order valence-electron chi connectivity index (χ1n) is 5.86.